The van der Waals surface area contributed by atoms with Gasteiger partial charge in [-0.1, -0.05) is 0 Å². The molecule has 9 heteroatoms. The van der Waals surface area contributed by atoms with Crippen molar-refractivity contribution >= 4 is 17.2 Å². The van der Waals surface area contributed by atoms with E-state index < -0.39 is 0 Å². The molecule has 2 aliphatic heterocycles. The SMILES string of the molecule is CN1CCN(C(=O)c2nn(-c3ccc(OCCN4CCOCC4)cc3)c3c2CCc2sccc2-3)CC1. The van der Waals surface area contributed by atoms with E-state index >= 15 is 0 Å². The van der Waals surface area contributed by atoms with Gasteiger partial charge in [0.05, 0.1) is 24.6 Å². The van der Waals surface area contributed by atoms with Crippen molar-refractivity contribution in [1.29, 1.82) is 0 Å². The number of aryl methyl sites for hydroxylation is 1. The summed E-state index contributed by atoms with van der Waals surface area (Å²) in [5, 5.41) is 7.09. The number of ether oxygens (including phenoxy) is 2. The van der Waals surface area contributed by atoms with Gasteiger partial charge in [0.2, 0.25) is 0 Å². The lowest BCUT2D eigenvalue weighted by Gasteiger charge is -2.32. The van der Waals surface area contributed by atoms with Crippen molar-refractivity contribution in [1.82, 2.24) is 24.5 Å². The number of hydrogen-bond acceptors (Lipinski definition) is 7. The summed E-state index contributed by atoms with van der Waals surface area (Å²) in [4.78, 5) is 21.5. The number of hydrogen-bond donors (Lipinski definition) is 0. The van der Waals surface area contributed by atoms with Gasteiger partial charge in [-0.3, -0.25) is 9.69 Å². The van der Waals surface area contributed by atoms with Crippen LogP contribution >= 0.6 is 11.3 Å². The number of fused-ring (bicyclic) bond motifs is 3. The number of benzene rings is 1. The van der Waals surface area contributed by atoms with Crippen molar-refractivity contribution in [3.63, 3.8) is 0 Å². The van der Waals surface area contributed by atoms with E-state index in [4.69, 9.17) is 14.6 Å². The number of morpholine rings is 1. The summed E-state index contributed by atoms with van der Waals surface area (Å²) in [5.74, 6) is 0.901. The zero-order valence-electron chi connectivity index (χ0n) is 20.8. The molecule has 4 heterocycles. The van der Waals surface area contributed by atoms with Crippen molar-refractivity contribution in [3.8, 4) is 22.7 Å². The van der Waals surface area contributed by atoms with Gasteiger partial charge in [0.25, 0.3) is 5.91 Å². The highest BCUT2D eigenvalue weighted by Crippen LogP contribution is 2.40. The smallest absolute Gasteiger partial charge is 0.274 e. The number of nitrogens with zero attached hydrogens (tertiary/aromatic N) is 5. The molecule has 0 spiro atoms. The zero-order valence-corrected chi connectivity index (χ0v) is 21.6. The zero-order chi connectivity index (χ0) is 24.5. The molecular formula is C27H33N5O3S. The van der Waals surface area contributed by atoms with E-state index in [1.165, 1.54) is 10.4 Å². The number of rotatable bonds is 6. The normalized spacial score (nSPS) is 18.6. The minimum Gasteiger partial charge on any atom is -0.492 e. The molecule has 1 aliphatic carbocycles. The van der Waals surface area contributed by atoms with E-state index in [2.05, 4.69) is 28.3 Å². The van der Waals surface area contributed by atoms with E-state index in [1.54, 1.807) is 11.3 Å². The van der Waals surface area contributed by atoms with Gasteiger partial charge in [-0.15, -0.1) is 11.3 Å². The van der Waals surface area contributed by atoms with Gasteiger partial charge in [0.15, 0.2) is 5.69 Å². The molecule has 6 rings (SSSR count). The first-order valence-electron chi connectivity index (χ1n) is 12.9. The Kier molecular flexibility index (Phi) is 6.79. The van der Waals surface area contributed by atoms with Crippen LogP contribution in [0.4, 0.5) is 0 Å². The first-order chi connectivity index (χ1) is 17.7. The standard InChI is InChI=1S/C27H33N5O3S/c1-29-9-11-31(12-10-29)27(33)25-23-6-7-24-22(8-19-36-24)26(23)32(28-25)20-2-4-21(5-3-20)35-18-15-30-13-16-34-17-14-30/h2-5,8,19H,6-7,9-18H2,1H3. The molecule has 3 aromatic rings. The van der Waals surface area contributed by atoms with E-state index in [1.807, 2.05) is 33.8 Å². The maximum atomic E-state index is 13.6. The first-order valence-corrected chi connectivity index (χ1v) is 13.7. The number of thiophene rings is 1. The molecule has 0 saturated carbocycles. The Morgan fingerprint density at radius 2 is 1.81 bits per heavy atom. The molecule has 0 radical (unpaired) electrons. The van der Waals surface area contributed by atoms with Crippen LogP contribution in [0.1, 0.15) is 20.9 Å². The third-order valence-corrected chi connectivity index (χ3v) is 8.42. The molecule has 2 aromatic heterocycles. The van der Waals surface area contributed by atoms with Gasteiger partial charge in [0.1, 0.15) is 12.4 Å². The van der Waals surface area contributed by atoms with Gasteiger partial charge >= 0.3 is 0 Å². The Hall–Kier alpha value is -2.72. The fraction of sp³-hybridized carbons (Fsp3) is 0.481. The van der Waals surface area contributed by atoms with E-state index in [0.29, 0.717) is 12.3 Å². The largest absolute Gasteiger partial charge is 0.492 e. The minimum atomic E-state index is 0.0554. The van der Waals surface area contributed by atoms with Crippen molar-refractivity contribution in [2.45, 2.75) is 12.8 Å². The second-order valence-electron chi connectivity index (χ2n) is 9.74. The second-order valence-corrected chi connectivity index (χ2v) is 10.7. The molecule has 2 saturated heterocycles. The Bertz CT molecular complexity index is 1210. The summed E-state index contributed by atoms with van der Waals surface area (Å²) in [6, 6.07) is 10.3. The highest BCUT2D eigenvalue weighted by Gasteiger charge is 2.32. The van der Waals surface area contributed by atoms with Crippen molar-refractivity contribution < 1.29 is 14.3 Å². The maximum absolute atomic E-state index is 13.6. The number of amides is 1. The molecule has 3 aliphatic rings. The van der Waals surface area contributed by atoms with E-state index in [0.717, 1.165) is 94.6 Å². The molecule has 0 atom stereocenters. The van der Waals surface area contributed by atoms with Gasteiger partial charge < -0.3 is 19.3 Å². The lowest BCUT2D eigenvalue weighted by Crippen LogP contribution is -2.47. The molecule has 190 valence electrons. The summed E-state index contributed by atoms with van der Waals surface area (Å²) in [5.41, 5.74) is 4.91. The number of carbonyl (C=O) groups excluding carboxylic acids is 1. The summed E-state index contributed by atoms with van der Waals surface area (Å²) >= 11 is 1.79. The number of likely N-dealkylation sites (N-methyl/N-ethyl adjacent to an activating group) is 1. The first kappa shape index (κ1) is 23.7. The van der Waals surface area contributed by atoms with Gasteiger partial charge in [0, 0.05) is 61.8 Å². The number of aromatic nitrogens is 2. The maximum Gasteiger partial charge on any atom is 0.274 e. The summed E-state index contributed by atoms with van der Waals surface area (Å²) < 4.78 is 13.4. The van der Waals surface area contributed by atoms with E-state index in [-0.39, 0.29) is 5.91 Å². The van der Waals surface area contributed by atoms with Crippen LogP contribution < -0.4 is 4.74 Å². The van der Waals surface area contributed by atoms with Crippen LogP contribution in [0.2, 0.25) is 0 Å². The van der Waals surface area contributed by atoms with E-state index in [9.17, 15) is 4.79 Å². The molecule has 8 nitrogen and oxygen atoms in total. The van der Waals surface area contributed by atoms with Crippen LogP contribution in [0.15, 0.2) is 35.7 Å². The molecule has 1 aromatic carbocycles. The van der Waals surface area contributed by atoms with Gasteiger partial charge in [-0.05, 0) is 55.6 Å². The second kappa shape index (κ2) is 10.3. The molecule has 0 bridgehead atoms. The Balaban J connectivity index is 1.25. The molecule has 1 amide bonds. The van der Waals surface area contributed by atoms with Crippen molar-refractivity contribution in [2.24, 2.45) is 0 Å². The Labute approximate surface area is 216 Å². The van der Waals surface area contributed by atoms with Crippen LogP contribution in [0.25, 0.3) is 16.9 Å². The lowest BCUT2D eigenvalue weighted by molar-refractivity contribution is 0.0322. The predicted molar refractivity (Wildman–Crippen MR) is 140 cm³/mol. The average molecular weight is 508 g/mol. The highest BCUT2D eigenvalue weighted by atomic mass is 32.1. The topological polar surface area (TPSA) is 63.1 Å². The quantitative estimate of drug-likeness (QED) is 0.511. The molecule has 0 unspecified atom stereocenters. The lowest BCUT2D eigenvalue weighted by atomic mass is 9.94. The third-order valence-electron chi connectivity index (χ3n) is 7.44. The highest BCUT2D eigenvalue weighted by molar-refractivity contribution is 7.10. The van der Waals surface area contributed by atoms with Crippen LogP contribution in [-0.4, -0.2) is 103 Å². The van der Waals surface area contributed by atoms with Crippen LogP contribution in [0, 0.1) is 0 Å². The molecule has 2 fully saturated rings. The third kappa shape index (κ3) is 4.68. The van der Waals surface area contributed by atoms with Crippen molar-refractivity contribution in [3.05, 3.63) is 51.8 Å². The molecule has 0 N–H and O–H groups in total. The predicted octanol–water partition coefficient (Wildman–Crippen LogP) is 2.80. The fourth-order valence-electron chi connectivity index (χ4n) is 5.27. The number of piperazine rings is 1. The summed E-state index contributed by atoms with van der Waals surface area (Å²) in [7, 11) is 2.10. The van der Waals surface area contributed by atoms with Crippen molar-refractivity contribution in [2.75, 3.05) is 72.7 Å². The molecule has 36 heavy (non-hydrogen) atoms. The Morgan fingerprint density at radius 3 is 2.58 bits per heavy atom. The monoisotopic (exact) mass is 507 g/mol. The van der Waals surface area contributed by atoms with Crippen LogP contribution in [-0.2, 0) is 17.6 Å². The molecular weight excluding hydrogens is 474 g/mol. The van der Waals surface area contributed by atoms with Gasteiger partial charge in [-0.25, -0.2) is 4.68 Å². The number of carbonyl (C=O) groups is 1. The minimum absolute atomic E-state index is 0.0554. The average Bonchev–Trinajstić information content (AvgIpc) is 3.55. The van der Waals surface area contributed by atoms with Crippen LogP contribution in [0.5, 0.6) is 5.75 Å². The fourth-order valence-corrected chi connectivity index (χ4v) is 6.15. The van der Waals surface area contributed by atoms with Gasteiger partial charge in [-0.2, -0.15) is 5.10 Å². The summed E-state index contributed by atoms with van der Waals surface area (Å²) in [6.45, 7) is 8.37. The summed E-state index contributed by atoms with van der Waals surface area (Å²) in [6.07, 6.45) is 1.81. The van der Waals surface area contributed by atoms with Crippen LogP contribution in [0.3, 0.4) is 0 Å². The Morgan fingerprint density at radius 1 is 1.03 bits per heavy atom.